The summed E-state index contributed by atoms with van der Waals surface area (Å²) in [6, 6.07) is 8.00. The average molecular weight is 391 g/mol. The quantitative estimate of drug-likeness (QED) is 0.630. The molecule has 0 spiro atoms. The maximum atomic E-state index is 12.7. The van der Waals surface area contributed by atoms with Crippen LogP contribution in [0.3, 0.4) is 0 Å². The molecule has 0 unspecified atom stereocenters. The number of carbonyl (C=O) groups is 1. The van der Waals surface area contributed by atoms with Gasteiger partial charge in [-0.1, -0.05) is 6.07 Å². The van der Waals surface area contributed by atoms with Gasteiger partial charge in [0.1, 0.15) is 12.4 Å². The van der Waals surface area contributed by atoms with Gasteiger partial charge in [0.15, 0.2) is 0 Å². The number of nitro groups is 1. The third-order valence-corrected chi connectivity index (χ3v) is 5.69. The number of amides is 1. The highest BCUT2D eigenvalue weighted by molar-refractivity contribution is 7.92. The van der Waals surface area contributed by atoms with Crippen LogP contribution in [0.25, 0.3) is 0 Å². The molecule has 10 heteroatoms. The normalized spacial score (nSPS) is 14.1. The molecule has 0 bridgehead atoms. The van der Waals surface area contributed by atoms with Gasteiger partial charge in [0.05, 0.1) is 21.9 Å². The molecule has 1 aliphatic rings. The summed E-state index contributed by atoms with van der Waals surface area (Å²) in [4.78, 5) is 24.0. The van der Waals surface area contributed by atoms with Gasteiger partial charge in [-0.3, -0.25) is 19.6 Å². The van der Waals surface area contributed by atoms with E-state index in [0.29, 0.717) is 24.5 Å². The van der Waals surface area contributed by atoms with Gasteiger partial charge in [-0.05, 0) is 30.7 Å². The molecule has 1 aliphatic heterocycles. The molecule has 27 heavy (non-hydrogen) atoms. The number of sulfonamides is 1. The molecule has 1 amide bonds. The topological polar surface area (TPSA) is 119 Å². The molecule has 0 radical (unpaired) electrons. The van der Waals surface area contributed by atoms with Crippen LogP contribution in [0.2, 0.25) is 0 Å². The Morgan fingerprint density at radius 1 is 1.22 bits per heavy atom. The fraction of sp³-hybridized carbons (Fsp3) is 0.235. The Morgan fingerprint density at radius 2 is 1.96 bits per heavy atom. The Balaban J connectivity index is 1.98. The maximum Gasteiger partial charge on any atom is 0.270 e. The van der Waals surface area contributed by atoms with Crippen LogP contribution in [-0.2, 0) is 10.0 Å². The molecule has 0 atom stereocenters. The lowest BCUT2D eigenvalue weighted by molar-refractivity contribution is -0.385. The van der Waals surface area contributed by atoms with E-state index >= 15 is 0 Å². The zero-order valence-corrected chi connectivity index (χ0v) is 15.4. The first-order valence-electron chi connectivity index (χ1n) is 7.99. The van der Waals surface area contributed by atoms with Crippen molar-refractivity contribution >= 4 is 27.3 Å². The number of benzene rings is 2. The monoisotopic (exact) mass is 391 g/mol. The smallest absolute Gasteiger partial charge is 0.270 e. The van der Waals surface area contributed by atoms with Gasteiger partial charge in [-0.25, -0.2) is 8.42 Å². The molecule has 0 aromatic heterocycles. The number of rotatable bonds is 4. The number of anilines is 1. The Bertz CT molecular complexity index is 1030. The van der Waals surface area contributed by atoms with Crippen LogP contribution in [0, 0.1) is 17.0 Å². The van der Waals surface area contributed by atoms with Gasteiger partial charge in [-0.15, -0.1) is 0 Å². The van der Waals surface area contributed by atoms with E-state index in [9.17, 15) is 23.3 Å². The SMILES string of the molecule is Cc1ccc([N+](=O)[O-])cc1S(=O)(=O)Nc1ccc2c(c1)C(=O)N(C)CCO2. The molecule has 9 nitrogen and oxygen atoms in total. The summed E-state index contributed by atoms with van der Waals surface area (Å²) in [6.45, 7) is 2.30. The lowest BCUT2D eigenvalue weighted by Gasteiger charge is -2.14. The zero-order valence-electron chi connectivity index (χ0n) is 14.6. The van der Waals surface area contributed by atoms with Crippen LogP contribution in [0.1, 0.15) is 15.9 Å². The van der Waals surface area contributed by atoms with Crippen molar-refractivity contribution in [2.75, 3.05) is 24.9 Å². The summed E-state index contributed by atoms with van der Waals surface area (Å²) in [7, 11) is -2.46. The number of non-ortho nitro benzene ring substituents is 1. The largest absolute Gasteiger partial charge is 0.491 e. The summed E-state index contributed by atoms with van der Waals surface area (Å²) in [5.41, 5.74) is 0.438. The summed E-state index contributed by atoms with van der Waals surface area (Å²) < 4.78 is 33.3. The van der Waals surface area contributed by atoms with Gasteiger partial charge in [0.2, 0.25) is 0 Å². The minimum atomic E-state index is -4.09. The molecular weight excluding hydrogens is 374 g/mol. The Morgan fingerprint density at radius 3 is 2.67 bits per heavy atom. The molecule has 1 heterocycles. The van der Waals surface area contributed by atoms with Crippen molar-refractivity contribution in [3.63, 3.8) is 0 Å². The van der Waals surface area contributed by atoms with Crippen molar-refractivity contribution in [2.45, 2.75) is 11.8 Å². The minimum absolute atomic E-state index is 0.159. The predicted molar refractivity (Wildman–Crippen MR) is 97.5 cm³/mol. The fourth-order valence-corrected chi connectivity index (χ4v) is 4.00. The highest BCUT2D eigenvalue weighted by atomic mass is 32.2. The first-order valence-corrected chi connectivity index (χ1v) is 9.47. The Hall–Kier alpha value is -3.14. The van der Waals surface area contributed by atoms with Gasteiger partial charge in [0, 0.05) is 24.9 Å². The lowest BCUT2D eigenvalue weighted by atomic mass is 10.1. The van der Waals surface area contributed by atoms with E-state index in [1.54, 1.807) is 14.0 Å². The number of carbonyl (C=O) groups excluding carboxylic acids is 1. The van der Waals surface area contributed by atoms with Crippen molar-refractivity contribution in [3.05, 3.63) is 57.6 Å². The van der Waals surface area contributed by atoms with Gasteiger partial charge < -0.3 is 9.64 Å². The second-order valence-electron chi connectivity index (χ2n) is 6.10. The van der Waals surface area contributed by atoms with Crippen molar-refractivity contribution in [2.24, 2.45) is 0 Å². The van der Waals surface area contributed by atoms with Gasteiger partial charge in [-0.2, -0.15) is 0 Å². The molecular formula is C17H17N3O6S. The highest BCUT2D eigenvalue weighted by Gasteiger charge is 2.24. The van der Waals surface area contributed by atoms with Crippen LogP contribution in [0.15, 0.2) is 41.3 Å². The number of nitro benzene ring substituents is 1. The number of hydrogen-bond acceptors (Lipinski definition) is 6. The highest BCUT2D eigenvalue weighted by Crippen LogP contribution is 2.29. The van der Waals surface area contributed by atoms with E-state index in [1.165, 1.54) is 35.2 Å². The van der Waals surface area contributed by atoms with Crippen LogP contribution < -0.4 is 9.46 Å². The molecule has 0 saturated carbocycles. The van der Waals surface area contributed by atoms with Crippen LogP contribution in [0.4, 0.5) is 11.4 Å². The van der Waals surface area contributed by atoms with E-state index in [1.807, 2.05) is 0 Å². The molecule has 0 aliphatic carbocycles. The fourth-order valence-electron chi connectivity index (χ4n) is 2.69. The van der Waals surface area contributed by atoms with E-state index in [4.69, 9.17) is 4.74 Å². The molecule has 0 fully saturated rings. The predicted octanol–water partition coefficient (Wildman–Crippen LogP) is 2.17. The Kier molecular flexibility index (Phi) is 4.75. The maximum absolute atomic E-state index is 12.7. The third kappa shape index (κ3) is 3.70. The number of nitrogens with one attached hydrogen (secondary N) is 1. The second-order valence-corrected chi connectivity index (χ2v) is 7.75. The lowest BCUT2D eigenvalue weighted by Crippen LogP contribution is -2.27. The number of ether oxygens (including phenoxy) is 1. The van der Waals surface area contributed by atoms with Crippen LogP contribution in [0.5, 0.6) is 5.75 Å². The van der Waals surface area contributed by atoms with E-state index in [2.05, 4.69) is 4.72 Å². The second kappa shape index (κ2) is 6.88. The van der Waals surface area contributed by atoms with Crippen molar-refractivity contribution < 1.29 is 22.9 Å². The van der Waals surface area contributed by atoms with E-state index in [0.717, 1.165) is 6.07 Å². The summed E-state index contributed by atoms with van der Waals surface area (Å²) in [5.74, 6) is 0.0916. The van der Waals surface area contributed by atoms with Crippen molar-refractivity contribution in [1.82, 2.24) is 4.90 Å². The number of aryl methyl sites for hydroxylation is 1. The molecule has 1 N–H and O–H groups in total. The number of likely N-dealkylation sites (N-methyl/N-ethyl adjacent to an activating group) is 1. The third-order valence-electron chi connectivity index (χ3n) is 4.17. The van der Waals surface area contributed by atoms with Crippen molar-refractivity contribution in [1.29, 1.82) is 0 Å². The van der Waals surface area contributed by atoms with Crippen LogP contribution in [-0.4, -0.2) is 44.3 Å². The van der Waals surface area contributed by atoms with E-state index < -0.39 is 14.9 Å². The van der Waals surface area contributed by atoms with Gasteiger partial charge in [0.25, 0.3) is 21.6 Å². The Labute approximate surface area is 155 Å². The molecule has 0 saturated heterocycles. The number of nitrogens with zero attached hydrogens (tertiary/aromatic N) is 2. The first kappa shape index (κ1) is 18.6. The number of fused-ring (bicyclic) bond motifs is 1. The van der Waals surface area contributed by atoms with Gasteiger partial charge >= 0.3 is 0 Å². The zero-order chi connectivity index (χ0) is 19.8. The summed E-state index contributed by atoms with van der Waals surface area (Å²) in [5, 5.41) is 10.9. The molecule has 2 aromatic rings. The molecule has 2 aromatic carbocycles. The standard InChI is InChI=1S/C17H17N3O6S/c1-11-3-5-13(20(22)23)10-16(11)27(24,25)18-12-4-6-15-14(9-12)17(21)19(2)7-8-26-15/h3-6,9-10,18H,7-8H2,1-2H3. The first-order chi connectivity index (χ1) is 12.7. The summed E-state index contributed by atoms with van der Waals surface area (Å²) >= 11 is 0. The molecule has 3 rings (SSSR count). The van der Waals surface area contributed by atoms with Crippen molar-refractivity contribution in [3.8, 4) is 5.75 Å². The average Bonchev–Trinajstić information content (AvgIpc) is 2.74. The number of hydrogen-bond donors (Lipinski definition) is 1. The van der Waals surface area contributed by atoms with Crippen LogP contribution >= 0.6 is 0 Å². The summed E-state index contributed by atoms with van der Waals surface area (Å²) in [6.07, 6.45) is 0. The minimum Gasteiger partial charge on any atom is -0.491 e. The molecule has 142 valence electrons. The van der Waals surface area contributed by atoms with E-state index in [-0.39, 0.29) is 27.7 Å².